The smallest absolute Gasteiger partial charge is 0.340 e. The largest absolute Gasteiger partial charge is 0.452 e. The third-order valence-electron chi connectivity index (χ3n) is 2.71. The van der Waals surface area contributed by atoms with Crippen molar-refractivity contribution in [1.82, 2.24) is 4.98 Å². The van der Waals surface area contributed by atoms with Gasteiger partial charge in [0.1, 0.15) is 17.3 Å². The zero-order valence-electron chi connectivity index (χ0n) is 11.6. The molecule has 0 spiro atoms. The normalized spacial score (nSPS) is 10.1. The maximum atomic E-state index is 13.3. The summed E-state index contributed by atoms with van der Waals surface area (Å²) in [6.07, 6.45) is 1.31. The predicted octanol–water partition coefficient (Wildman–Crippen LogP) is 2.46. The number of ether oxygens (including phenoxy) is 1. The van der Waals surface area contributed by atoms with E-state index in [4.69, 9.17) is 4.74 Å². The zero-order chi connectivity index (χ0) is 16.1. The number of pyridine rings is 1. The molecule has 2 aromatic rings. The number of amides is 1. The van der Waals surface area contributed by atoms with E-state index in [1.165, 1.54) is 18.3 Å². The molecule has 0 bridgehead atoms. The number of esters is 1. The highest BCUT2D eigenvalue weighted by atomic mass is 19.1. The molecule has 0 fully saturated rings. The second-order valence-corrected chi connectivity index (χ2v) is 4.41. The maximum Gasteiger partial charge on any atom is 0.340 e. The topological polar surface area (TPSA) is 68.3 Å². The molecule has 0 unspecified atom stereocenters. The van der Waals surface area contributed by atoms with E-state index in [-0.39, 0.29) is 5.56 Å². The number of rotatable bonds is 4. The maximum absolute atomic E-state index is 13.3. The molecule has 5 nitrogen and oxygen atoms in total. The first-order valence-electron chi connectivity index (χ1n) is 6.31. The standard InChI is InChI=1S/C15H12F2N2O3/c1-9-5-6-10(7-18-9)15(21)22-8-13(20)19-14-11(16)3-2-4-12(14)17/h2-7H,8H2,1H3,(H,19,20). The van der Waals surface area contributed by atoms with E-state index in [2.05, 4.69) is 4.98 Å². The molecule has 0 saturated carbocycles. The van der Waals surface area contributed by atoms with Gasteiger partial charge in [0.15, 0.2) is 6.61 Å². The summed E-state index contributed by atoms with van der Waals surface area (Å²) in [5.41, 5.74) is 0.320. The molecule has 0 aliphatic carbocycles. The summed E-state index contributed by atoms with van der Waals surface area (Å²) in [4.78, 5) is 27.1. The number of nitrogens with one attached hydrogen (secondary N) is 1. The first-order chi connectivity index (χ1) is 10.5. The van der Waals surface area contributed by atoms with Crippen molar-refractivity contribution in [3.05, 3.63) is 59.4 Å². The first-order valence-corrected chi connectivity index (χ1v) is 6.31. The molecule has 7 heteroatoms. The van der Waals surface area contributed by atoms with Crippen molar-refractivity contribution in [3.63, 3.8) is 0 Å². The molecule has 0 radical (unpaired) electrons. The minimum absolute atomic E-state index is 0.176. The SMILES string of the molecule is Cc1ccc(C(=O)OCC(=O)Nc2c(F)cccc2F)cn1. The Hall–Kier alpha value is -2.83. The van der Waals surface area contributed by atoms with Crippen LogP contribution in [0.5, 0.6) is 0 Å². The van der Waals surface area contributed by atoms with Gasteiger partial charge in [-0.1, -0.05) is 6.07 Å². The average molecular weight is 306 g/mol. The number of halogens is 2. The van der Waals surface area contributed by atoms with Crippen molar-refractivity contribution in [2.24, 2.45) is 0 Å². The summed E-state index contributed by atoms with van der Waals surface area (Å²) in [6, 6.07) is 6.29. The molecule has 2 rings (SSSR count). The van der Waals surface area contributed by atoms with E-state index in [0.717, 1.165) is 17.8 Å². The van der Waals surface area contributed by atoms with Gasteiger partial charge in [-0.05, 0) is 31.2 Å². The van der Waals surface area contributed by atoms with Gasteiger partial charge in [-0.25, -0.2) is 13.6 Å². The lowest BCUT2D eigenvalue weighted by Gasteiger charge is -2.08. The van der Waals surface area contributed by atoms with Crippen molar-refractivity contribution < 1.29 is 23.1 Å². The Labute approximate surface area is 124 Å². The summed E-state index contributed by atoms with van der Waals surface area (Å²) in [5, 5.41) is 2.01. The number of anilines is 1. The fourth-order valence-corrected chi connectivity index (χ4v) is 1.60. The number of nitrogens with zero attached hydrogens (tertiary/aromatic N) is 1. The Morgan fingerprint density at radius 1 is 1.18 bits per heavy atom. The van der Waals surface area contributed by atoms with E-state index >= 15 is 0 Å². The minimum atomic E-state index is -0.914. The van der Waals surface area contributed by atoms with Crippen molar-refractivity contribution in [3.8, 4) is 0 Å². The molecule has 1 heterocycles. The molecule has 0 aliphatic heterocycles. The third kappa shape index (κ3) is 3.85. The van der Waals surface area contributed by atoms with Crippen LogP contribution in [0.15, 0.2) is 36.5 Å². The fourth-order valence-electron chi connectivity index (χ4n) is 1.60. The molecule has 0 atom stereocenters. The van der Waals surface area contributed by atoms with Crippen molar-refractivity contribution in [2.75, 3.05) is 11.9 Å². The summed E-state index contributed by atoms with van der Waals surface area (Å²) in [5.74, 6) is -3.43. The molecule has 22 heavy (non-hydrogen) atoms. The number of aryl methyl sites for hydroxylation is 1. The number of carbonyl (C=O) groups excluding carboxylic acids is 2. The van der Waals surface area contributed by atoms with Crippen LogP contribution in [0.4, 0.5) is 14.5 Å². The van der Waals surface area contributed by atoms with Gasteiger partial charge in [0.25, 0.3) is 5.91 Å². The second kappa shape index (κ2) is 6.75. The van der Waals surface area contributed by atoms with Crippen molar-refractivity contribution >= 4 is 17.6 Å². The van der Waals surface area contributed by atoms with Gasteiger partial charge in [0.2, 0.25) is 0 Å². The molecule has 1 aromatic carbocycles. The van der Waals surface area contributed by atoms with Crippen LogP contribution in [0, 0.1) is 18.6 Å². The molecule has 1 amide bonds. The predicted molar refractivity (Wildman–Crippen MR) is 74.2 cm³/mol. The Kier molecular flexibility index (Phi) is 4.77. The molecule has 0 aliphatic rings. The van der Waals surface area contributed by atoms with Gasteiger partial charge < -0.3 is 10.1 Å². The lowest BCUT2D eigenvalue weighted by atomic mass is 10.2. The van der Waals surface area contributed by atoms with Crippen molar-refractivity contribution in [2.45, 2.75) is 6.92 Å². The number of hydrogen-bond donors (Lipinski definition) is 1. The minimum Gasteiger partial charge on any atom is -0.452 e. The van der Waals surface area contributed by atoms with Crippen molar-refractivity contribution in [1.29, 1.82) is 0 Å². The summed E-state index contributed by atoms with van der Waals surface area (Å²) in [7, 11) is 0. The molecule has 1 N–H and O–H groups in total. The summed E-state index contributed by atoms with van der Waals surface area (Å²) >= 11 is 0. The van der Waals surface area contributed by atoms with Gasteiger partial charge in [0, 0.05) is 11.9 Å². The highest BCUT2D eigenvalue weighted by molar-refractivity contribution is 5.95. The zero-order valence-corrected chi connectivity index (χ0v) is 11.6. The highest BCUT2D eigenvalue weighted by Crippen LogP contribution is 2.17. The molecule has 114 valence electrons. The van der Waals surface area contributed by atoms with Gasteiger partial charge in [0.05, 0.1) is 5.56 Å². The van der Waals surface area contributed by atoms with Gasteiger partial charge >= 0.3 is 5.97 Å². The summed E-state index contributed by atoms with van der Waals surface area (Å²) < 4.78 is 31.4. The number of benzene rings is 1. The highest BCUT2D eigenvalue weighted by Gasteiger charge is 2.14. The Morgan fingerprint density at radius 3 is 2.45 bits per heavy atom. The van der Waals surface area contributed by atoms with E-state index in [0.29, 0.717) is 0 Å². The molecular formula is C15H12F2N2O3. The van der Waals surface area contributed by atoms with Crippen LogP contribution in [0.1, 0.15) is 16.1 Å². The van der Waals surface area contributed by atoms with Crippen LogP contribution < -0.4 is 5.32 Å². The Morgan fingerprint density at radius 2 is 1.86 bits per heavy atom. The Bertz CT molecular complexity index is 682. The second-order valence-electron chi connectivity index (χ2n) is 4.41. The van der Waals surface area contributed by atoms with Crippen LogP contribution in [-0.2, 0) is 9.53 Å². The van der Waals surface area contributed by atoms with Crippen LogP contribution in [0.3, 0.4) is 0 Å². The molecular weight excluding hydrogens is 294 g/mol. The fraction of sp³-hybridized carbons (Fsp3) is 0.133. The third-order valence-corrected chi connectivity index (χ3v) is 2.71. The van der Waals surface area contributed by atoms with E-state index in [1.807, 2.05) is 5.32 Å². The first kappa shape index (κ1) is 15.6. The number of aromatic nitrogens is 1. The van der Waals surface area contributed by atoms with Crippen LogP contribution >= 0.6 is 0 Å². The molecule has 0 saturated heterocycles. The lowest BCUT2D eigenvalue weighted by Crippen LogP contribution is -2.22. The number of para-hydroxylation sites is 1. The van der Waals surface area contributed by atoms with Crippen LogP contribution in [-0.4, -0.2) is 23.5 Å². The quantitative estimate of drug-likeness (QED) is 0.881. The van der Waals surface area contributed by atoms with Gasteiger partial charge in [-0.15, -0.1) is 0 Å². The average Bonchev–Trinajstić information content (AvgIpc) is 2.49. The van der Waals surface area contributed by atoms with Crippen LogP contribution in [0.25, 0.3) is 0 Å². The summed E-state index contributed by atoms with van der Waals surface area (Å²) in [6.45, 7) is 1.09. The number of hydrogen-bond acceptors (Lipinski definition) is 4. The van der Waals surface area contributed by atoms with Gasteiger partial charge in [-0.2, -0.15) is 0 Å². The van der Waals surface area contributed by atoms with E-state index in [1.54, 1.807) is 13.0 Å². The number of carbonyl (C=O) groups is 2. The van der Waals surface area contributed by atoms with E-state index < -0.39 is 35.8 Å². The van der Waals surface area contributed by atoms with Gasteiger partial charge in [-0.3, -0.25) is 9.78 Å². The Balaban J connectivity index is 1.93. The lowest BCUT2D eigenvalue weighted by molar-refractivity contribution is -0.119. The molecule has 1 aromatic heterocycles. The van der Waals surface area contributed by atoms with Crippen LogP contribution in [0.2, 0.25) is 0 Å². The monoisotopic (exact) mass is 306 g/mol. The van der Waals surface area contributed by atoms with E-state index in [9.17, 15) is 18.4 Å².